The minimum Gasteiger partial charge on any atom is -0.392 e. The van der Waals surface area contributed by atoms with Gasteiger partial charge in [0, 0.05) is 23.6 Å². The molecule has 0 aliphatic heterocycles. The van der Waals surface area contributed by atoms with E-state index in [0.29, 0.717) is 22.2 Å². The molecule has 2 heterocycles. The summed E-state index contributed by atoms with van der Waals surface area (Å²) in [4.78, 5) is 24.9. The molecule has 0 amide bonds. The van der Waals surface area contributed by atoms with Crippen LogP contribution in [0, 0.1) is 12.4 Å². The van der Waals surface area contributed by atoms with Crippen molar-refractivity contribution >= 4 is 28.2 Å². The summed E-state index contributed by atoms with van der Waals surface area (Å²) in [6, 6.07) is 12.8. The number of para-hydroxylation sites is 1. The molecule has 154 valence electrons. The minimum absolute atomic E-state index is 0.0523. The Kier molecular flexibility index (Phi) is 5.09. The quantitative estimate of drug-likeness (QED) is 0.482. The second kappa shape index (κ2) is 7.88. The molecule has 4 rings (SSSR count). The van der Waals surface area contributed by atoms with Crippen LogP contribution < -0.4 is 16.5 Å². The highest BCUT2D eigenvalue weighted by Gasteiger charge is 2.23. The number of hydrogen-bond acceptors (Lipinski definition) is 5. The number of hydrogen-bond donors (Lipinski definition) is 2. The topological polar surface area (TPSA) is 90.2 Å². The van der Waals surface area contributed by atoms with Crippen LogP contribution in [0.5, 0.6) is 0 Å². The van der Waals surface area contributed by atoms with Gasteiger partial charge in [-0.3, -0.25) is 4.79 Å². The predicted octanol–water partition coefficient (Wildman–Crippen LogP) is 4.44. The molecule has 0 fully saturated rings. The first-order valence-electron chi connectivity index (χ1n) is 9.54. The molecule has 1 atom stereocenters. The second-order valence-electron chi connectivity index (χ2n) is 7.11. The van der Waals surface area contributed by atoms with Crippen LogP contribution in [0.1, 0.15) is 18.5 Å². The molecule has 3 N–H and O–H groups in total. The maximum Gasteiger partial charge on any atom is 0.268 e. The number of nitrogen functional groups attached to an aromatic ring is 1. The number of nitrogens with zero attached hydrogens (tertiary/aromatic N) is 4. The SMILES string of the molecule is [C-]#[N+]c1c(N)ncnc1NC(C)c1c(-c2cccc(F)c2)n(C)c2ccccc2c1=O. The number of aryl methyl sites for hydroxylation is 1. The van der Waals surface area contributed by atoms with E-state index in [4.69, 9.17) is 12.3 Å². The van der Waals surface area contributed by atoms with Gasteiger partial charge >= 0.3 is 0 Å². The number of fused-ring (bicyclic) bond motifs is 1. The van der Waals surface area contributed by atoms with Crippen molar-refractivity contribution in [2.75, 3.05) is 11.1 Å². The Morgan fingerprint density at radius 3 is 2.71 bits per heavy atom. The van der Waals surface area contributed by atoms with E-state index in [1.165, 1.54) is 18.5 Å². The number of nitrogens with two attached hydrogens (primary N) is 1. The number of anilines is 2. The van der Waals surface area contributed by atoms with Crippen LogP contribution in [0.25, 0.3) is 27.0 Å². The van der Waals surface area contributed by atoms with E-state index in [1.807, 2.05) is 23.7 Å². The molecule has 31 heavy (non-hydrogen) atoms. The molecule has 2 aromatic carbocycles. The van der Waals surface area contributed by atoms with Crippen LogP contribution in [0.3, 0.4) is 0 Å². The third-order valence-corrected chi connectivity index (χ3v) is 5.19. The fourth-order valence-electron chi connectivity index (χ4n) is 3.78. The lowest BCUT2D eigenvalue weighted by molar-refractivity contribution is 0.628. The van der Waals surface area contributed by atoms with Crippen molar-refractivity contribution in [3.63, 3.8) is 0 Å². The standard InChI is InChI=1S/C23H19FN6O/c1-13(29-23-19(26-2)22(25)27-12-28-23)18-20(14-7-6-8-15(24)11-14)30(3)17-10-5-4-9-16(17)21(18)31/h4-13H,1,3H3,(H3,25,27,28,29). The highest BCUT2D eigenvalue weighted by molar-refractivity contribution is 5.85. The van der Waals surface area contributed by atoms with Crippen molar-refractivity contribution in [2.24, 2.45) is 7.05 Å². The van der Waals surface area contributed by atoms with Gasteiger partial charge in [0.05, 0.1) is 23.8 Å². The second-order valence-corrected chi connectivity index (χ2v) is 7.11. The lowest BCUT2D eigenvalue weighted by Crippen LogP contribution is -2.23. The number of nitrogens with one attached hydrogen (secondary N) is 1. The third kappa shape index (κ3) is 3.46. The van der Waals surface area contributed by atoms with Gasteiger partial charge in [0.15, 0.2) is 5.43 Å². The van der Waals surface area contributed by atoms with Gasteiger partial charge in [-0.1, -0.05) is 24.3 Å². The summed E-state index contributed by atoms with van der Waals surface area (Å²) in [7, 11) is 1.84. The maximum absolute atomic E-state index is 14.1. The van der Waals surface area contributed by atoms with Gasteiger partial charge < -0.3 is 15.6 Å². The van der Waals surface area contributed by atoms with Gasteiger partial charge in [-0.25, -0.2) is 19.2 Å². The lowest BCUT2D eigenvalue weighted by Gasteiger charge is -2.23. The van der Waals surface area contributed by atoms with Crippen molar-refractivity contribution in [3.8, 4) is 11.3 Å². The highest BCUT2D eigenvalue weighted by Crippen LogP contribution is 2.34. The van der Waals surface area contributed by atoms with Gasteiger partial charge in [-0.05, 0) is 31.2 Å². The summed E-state index contributed by atoms with van der Waals surface area (Å²) in [5.41, 5.74) is 8.01. The van der Waals surface area contributed by atoms with E-state index >= 15 is 0 Å². The number of rotatable bonds is 4. The van der Waals surface area contributed by atoms with Crippen molar-refractivity contribution in [3.05, 3.63) is 87.9 Å². The fourth-order valence-corrected chi connectivity index (χ4v) is 3.78. The van der Waals surface area contributed by atoms with Gasteiger partial charge in [0.25, 0.3) is 5.69 Å². The largest absolute Gasteiger partial charge is 0.392 e. The van der Waals surface area contributed by atoms with E-state index in [2.05, 4.69) is 20.1 Å². The summed E-state index contributed by atoms with van der Waals surface area (Å²) in [5.74, 6) is -0.115. The normalized spacial score (nSPS) is 11.8. The molecule has 4 aromatic rings. The van der Waals surface area contributed by atoms with Gasteiger partial charge in [0.2, 0.25) is 0 Å². The number of aromatic nitrogens is 3. The van der Waals surface area contributed by atoms with E-state index in [1.54, 1.807) is 31.2 Å². The van der Waals surface area contributed by atoms with Crippen LogP contribution in [0.4, 0.5) is 21.7 Å². The molecule has 0 saturated carbocycles. The van der Waals surface area contributed by atoms with E-state index in [0.717, 1.165) is 5.52 Å². The van der Waals surface area contributed by atoms with E-state index in [9.17, 15) is 9.18 Å². The highest BCUT2D eigenvalue weighted by atomic mass is 19.1. The molecule has 0 aliphatic carbocycles. The zero-order valence-corrected chi connectivity index (χ0v) is 16.9. The first-order valence-corrected chi connectivity index (χ1v) is 9.54. The molecule has 7 nitrogen and oxygen atoms in total. The molecule has 8 heteroatoms. The van der Waals surface area contributed by atoms with Crippen LogP contribution >= 0.6 is 0 Å². The molecule has 0 bridgehead atoms. The van der Waals surface area contributed by atoms with Gasteiger partial charge in [-0.15, -0.1) is 0 Å². The molecule has 0 aliphatic rings. The summed E-state index contributed by atoms with van der Waals surface area (Å²) in [6.07, 6.45) is 1.26. The van der Waals surface area contributed by atoms with Crippen molar-refractivity contribution < 1.29 is 4.39 Å². The van der Waals surface area contributed by atoms with Crippen molar-refractivity contribution in [1.29, 1.82) is 0 Å². The predicted molar refractivity (Wildman–Crippen MR) is 119 cm³/mol. The molecule has 0 saturated heterocycles. The van der Waals surface area contributed by atoms with Crippen LogP contribution in [0.15, 0.2) is 59.7 Å². The van der Waals surface area contributed by atoms with Gasteiger partial charge in [-0.2, -0.15) is 0 Å². The average molecular weight is 414 g/mol. The van der Waals surface area contributed by atoms with Gasteiger partial charge in [0.1, 0.15) is 23.8 Å². The number of halogens is 1. The van der Waals surface area contributed by atoms with Crippen LogP contribution in [-0.4, -0.2) is 14.5 Å². The summed E-state index contributed by atoms with van der Waals surface area (Å²) in [5, 5.41) is 3.67. The Balaban J connectivity index is 1.98. The zero-order valence-electron chi connectivity index (χ0n) is 16.9. The molecule has 0 spiro atoms. The fraction of sp³-hybridized carbons (Fsp3) is 0.130. The molecule has 2 aromatic heterocycles. The Morgan fingerprint density at radius 2 is 1.97 bits per heavy atom. The molecule has 0 radical (unpaired) electrons. The first kappa shape index (κ1) is 20.0. The number of pyridine rings is 1. The summed E-state index contributed by atoms with van der Waals surface area (Å²) in [6.45, 7) is 9.17. The Morgan fingerprint density at radius 1 is 1.19 bits per heavy atom. The summed E-state index contributed by atoms with van der Waals surface area (Å²) >= 11 is 0. The smallest absolute Gasteiger partial charge is 0.268 e. The molecule has 1 unspecified atom stereocenters. The zero-order chi connectivity index (χ0) is 22.1. The maximum atomic E-state index is 14.1. The van der Waals surface area contributed by atoms with Crippen LogP contribution in [0.2, 0.25) is 0 Å². The Hall–Kier alpha value is -4.25. The monoisotopic (exact) mass is 414 g/mol. The minimum atomic E-state index is -0.559. The van der Waals surface area contributed by atoms with Crippen molar-refractivity contribution in [1.82, 2.24) is 14.5 Å². The van der Waals surface area contributed by atoms with E-state index in [-0.39, 0.29) is 22.8 Å². The number of benzene rings is 2. The Labute approximate surface area is 177 Å². The lowest BCUT2D eigenvalue weighted by atomic mass is 9.97. The molecular weight excluding hydrogens is 395 g/mol. The van der Waals surface area contributed by atoms with E-state index < -0.39 is 11.9 Å². The third-order valence-electron chi connectivity index (χ3n) is 5.19. The average Bonchev–Trinajstić information content (AvgIpc) is 2.76. The van der Waals surface area contributed by atoms with Crippen LogP contribution in [-0.2, 0) is 7.05 Å². The first-order chi connectivity index (χ1) is 14.9. The Bertz CT molecular complexity index is 1410. The summed E-state index contributed by atoms with van der Waals surface area (Å²) < 4.78 is 15.9. The molecular formula is C23H19FN6O. The van der Waals surface area contributed by atoms with Crippen molar-refractivity contribution in [2.45, 2.75) is 13.0 Å².